The molecule has 0 radical (unpaired) electrons. The van der Waals surface area contributed by atoms with Crippen LogP contribution in [0.1, 0.15) is 29.3 Å². The zero-order valence-corrected chi connectivity index (χ0v) is 16.3. The molecule has 142 valence electrons. The monoisotopic (exact) mass is 393 g/mol. The van der Waals surface area contributed by atoms with Crippen molar-refractivity contribution in [1.82, 2.24) is 19.9 Å². The van der Waals surface area contributed by atoms with Gasteiger partial charge in [-0.3, -0.25) is 9.59 Å². The molecule has 8 heteroatoms. The summed E-state index contributed by atoms with van der Waals surface area (Å²) in [5, 5.41) is 11.4. The van der Waals surface area contributed by atoms with Gasteiger partial charge in [-0.05, 0) is 43.2 Å². The van der Waals surface area contributed by atoms with Crippen molar-refractivity contribution in [3.05, 3.63) is 63.9 Å². The second kappa shape index (κ2) is 7.40. The van der Waals surface area contributed by atoms with Crippen LogP contribution in [0, 0.1) is 6.92 Å². The third kappa shape index (κ3) is 3.34. The maximum atomic E-state index is 12.8. The van der Waals surface area contributed by atoms with Gasteiger partial charge < -0.3 is 10.6 Å². The van der Waals surface area contributed by atoms with Crippen LogP contribution in [-0.2, 0) is 0 Å². The molecule has 1 amide bonds. The van der Waals surface area contributed by atoms with Gasteiger partial charge in [-0.15, -0.1) is 5.10 Å². The van der Waals surface area contributed by atoms with E-state index in [9.17, 15) is 9.59 Å². The molecule has 7 nitrogen and oxygen atoms in total. The number of hydrogen-bond donors (Lipinski definition) is 2. The quantitative estimate of drug-likeness (QED) is 0.542. The lowest BCUT2D eigenvalue weighted by atomic mass is 10.1. The molecule has 0 saturated heterocycles. The highest BCUT2D eigenvalue weighted by Gasteiger charge is 2.14. The number of fused-ring (bicyclic) bond motifs is 2. The number of benzene rings is 2. The third-order valence-corrected chi connectivity index (χ3v) is 5.20. The van der Waals surface area contributed by atoms with Crippen LogP contribution in [0.15, 0.2) is 47.3 Å². The van der Waals surface area contributed by atoms with Gasteiger partial charge in [0.25, 0.3) is 11.5 Å². The second-order valence-corrected chi connectivity index (χ2v) is 7.40. The van der Waals surface area contributed by atoms with E-state index < -0.39 is 0 Å². The van der Waals surface area contributed by atoms with Crippen LogP contribution in [0.2, 0.25) is 0 Å². The summed E-state index contributed by atoms with van der Waals surface area (Å²) in [5.74, 6) is -0.169. The predicted octanol–water partition coefficient (Wildman–Crippen LogP) is 3.50. The third-order valence-electron chi connectivity index (χ3n) is 4.38. The molecule has 0 fully saturated rings. The van der Waals surface area contributed by atoms with E-state index in [4.69, 9.17) is 0 Å². The molecule has 0 aliphatic carbocycles. The second-order valence-electron chi connectivity index (χ2n) is 6.45. The van der Waals surface area contributed by atoms with Crippen LogP contribution in [0.3, 0.4) is 0 Å². The normalized spacial score (nSPS) is 11.1. The predicted molar refractivity (Wildman–Crippen MR) is 112 cm³/mol. The molecule has 0 atom stereocenters. The minimum Gasteiger partial charge on any atom is -0.352 e. The van der Waals surface area contributed by atoms with Gasteiger partial charge in [-0.1, -0.05) is 36.5 Å². The van der Waals surface area contributed by atoms with Crippen molar-refractivity contribution in [2.45, 2.75) is 20.3 Å². The SMILES string of the molecule is CCCNC(=O)c1ccc2c(=O)n3nc(Nc4ccccc4C)sc3nc2c1. The largest absolute Gasteiger partial charge is 0.352 e. The van der Waals surface area contributed by atoms with Crippen LogP contribution >= 0.6 is 11.3 Å². The molecule has 0 spiro atoms. The molecule has 0 aliphatic heterocycles. The summed E-state index contributed by atoms with van der Waals surface area (Å²) < 4.78 is 1.30. The van der Waals surface area contributed by atoms with Gasteiger partial charge >= 0.3 is 0 Å². The van der Waals surface area contributed by atoms with Gasteiger partial charge in [0.2, 0.25) is 10.1 Å². The molecule has 28 heavy (non-hydrogen) atoms. The molecule has 0 bridgehead atoms. The first-order valence-electron chi connectivity index (χ1n) is 9.01. The minimum atomic E-state index is -0.255. The molecule has 0 unspecified atom stereocenters. The highest BCUT2D eigenvalue weighted by atomic mass is 32.1. The molecular formula is C20H19N5O2S. The number of aryl methyl sites for hydroxylation is 1. The van der Waals surface area contributed by atoms with Crippen molar-refractivity contribution in [2.75, 3.05) is 11.9 Å². The van der Waals surface area contributed by atoms with Gasteiger partial charge in [-0.2, -0.15) is 4.52 Å². The highest BCUT2D eigenvalue weighted by molar-refractivity contribution is 7.20. The molecule has 4 aromatic rings. The van der Waals surface area contributed by atoms with Crippen LogP contribution in [0.5, 0.6) is 0 Å². The van der Waals surface area contributed by atoms with Crippen molar-refractivity contribution >= 4 is 43.9 Å². The van der Waals surface area contributed by atoms with E-state index in [1.54, 1.807) is 18.2 Å². The Hall–Kier alpha value is -3.26. The van der Waals surface area contributed by atoms with E-state index in [1.807, 2.05) is 38.1 Å². The number of nitrogens with zero attached hydrogens (tertiary/aromatic N) is 3. The van der Waals surface area contributed by atoms with Crippen LogP contribution in [0.4, 0.5) is 10.8 Å². The van der Waals surface area contributed by atoms with Gasteiger partial charge in [0.1, 0.15) is 0 Å². The Morgan fingerprint density at radius 3 is 2.82 bits per heavy atom. The van der Waals surface area contributed by atoms with Gasteiger partial charge in [0.05, 0.1) is 10.9 Å². The fraction of sp³-hybridized carbons (Fsp3) is 0.200. The van der Waals surface area contributed by atoms with E-state index >= 15 is 0 Å². The number of nitrogens with one attached hydrogen (secondary N) is 2. The Labute approximate surface area is 165 Å². The minimum absolute atomic E-state index is 0.169. The zero-order valence-electron chi connectivity index (χ0n) is 15.5. The summed E-state index contributed by atoms with van der Waals surface area (Å²) in [4.78, 5) is 30.0. The maximum Gasteiger partial charge on any atom is 0.283 e. The number of carbonyl (C=O) groups excluding carboxylic acids is 1. The van der Waals surface area contributed by atoms with Crippen molar-refractivity contribution < 1.29 is 4.79 Å². The number of hydrogen-bond acceptors (Lipinski definition) is 6. The van der Waals surface area contributed by atoms with Crippen molar-refractivity contribution in [1.29, 1.82) is 0 Å². The molecule has 2 aromatic carbocycles. The Bertz CT molecular complexity index is 1240. The standard InChI is InChI=1S/C20H19N5O2S/c1-3-10-21-17(26)13-8-9-14-16(11-13)23-20-25(18(14)27)24-19(28-20)22-15-7-5-4-6-12(15)2/h4-9,11H,3,10H2,1-2H3,(H,21,26)(H,22,24). The fourth-order valence-electron chi connectivity index (χ4n) is 2.87. The average molecular weight is 393 g/mol. The lowest BCUT2D eigenvalue weighted by molar-refractivity contribution is 0.0954. The van der Waals surface area contributed by atoms with Crippen LogP contribution < -0.4 is 16.2 Å². The Kier molecular flexibility index (Phi) is 4.79. The van der Waals surface area contributed by atoms with Gasteiger partial charge in [0.15, 0.2) is 0 Å². The van der Waals surface area contributed by atoms with Gasteiger partial charge in [-0.25, -0.2) is 4.98 Å². The van der Waals surface area contributed by atoms with E-state index in [1.165, 1.54) is 15.9 Å². The summed E-state index contributed by atoms with van der Waals surface area (Å²) in [5.41, 5.74) is 2.72. The summed E-state index contributed by atoms with van der Waals surface area (Å²) in [6.45, 7) is 4.60. The summed E-state index contributed by atoms with van der Waals surface area (Å²) in [7, 11) is 0. The molecule has 2 heterocycles. The molecule has 2 N–H and O–H groups in total. The lowest BCUT2D eigenvalue weighted by Gasteiger charge is -2.04. The molecule has 2 aromatic heterocycles. The first kappa shape index (κ1) is 18.1. The number of anilines is 2. The number of amides is 1. The molecule has 4 rings (SSSR count). The van der Waals surface area contributed by atoms with E-state index in [-0.39, 0.29) is 11.5 Å². The zero-order chi connectivity index (χ0) is 19.7. The number of carbonyl (C=O) groups is 1. The Morgan fingerprint density at radius 2 is 2.04 bits per heavy atom. The van der Waals surface area contributed by atoms with Crippen molar-refractivity contribution in [3.8, 4) is 0 Å². The van der Waals surface area contributed by atoms with Crippen LogP contribution in [0.25, 0.3) is 15.9 Å². The summed E-state index contributed by atoms with van der Waals surface area (Å²) in [6, 6.07) is 12.8. The molecule has 0 saturated carbocycles. The van der Waals surface area contributed by atoms with Gasteiger partial charge in [0, 0.05) is 17.8 Å². The Morgan fingerprint density at radius 1 is 1.21 bits per heavy atom. The average Bonchev–Trinajstić information content (AvgIpc) is 3.10. The highest BCUT2D eigenvalue weighted by Crippen LogP contribution is 2.24. The van der Waals surface area contributed by atoms with E-state index in [0.717, 1.165) is 17.7 Å². The lowest BCUT2D eigenvalue weighted by Crippen LogP contribution is -2.24. The fourth-order valence-corrected chi connectivity index (χ4v) is 3.68. The number of rotatable bonds is 5. The number of para-hydroxylation sites is 1. The smallest absolute Gasteiger partial charge is 0.283 e. The first-order chi connectivity index (χ1) is 13.6. The topological polar surface area (TPSA) is 88.4 Å². The molecule has 0 aliphatic rings. The first-order valence-corrected chi connectivity index (χ1v) is 9.83. The van der Waals surface area contributed by atoms with E-state index in [2.05, 4.69) is 20.7 Å². The summed E-state index contributed by atoms with van der Waals surface area (Å²) >= 11 is 1.29. The van der Waals surface area contributed by atoms with Crippen molar-refractivity contribution in [3.63, 3.8) is 0 Å². The maximum absolute atomic E-state index is 12.8. The summed E-state index contributed by atoms with van der Waals surface area (Å²) in [6.07, 6.45) is 0.858. The van der Waals surface area contributed by atoms with E-state index in [0.29, 0.717) is 33.1 Å². The Balaban J connectivity index is 1.75. The van der Waals surface area contributed by atoms with Crippen LogP contribution in [-0.4, -0.2) is 27.0 Å². The van der Waals surface area contributed by atoms with Crippen molar-refractivity contribution in [2.24, 2.45) is 0 Å². The number of aromatic nitrogens is 3. The molecular weight excluding hydrogens is 374 g/mol.